The molecule has 0 aromatic heterocycles. The highest BCUT2D eigenvalue weighted by atomic mass is 35.5. The summed E-state index contributed by atoms with van der Waals surface area (Å²) in [5.41, 5.74) is 4.43. The lowest BCUT2D eigenvalue weighted by Crippen LogP contribution is -2.60. The number of halogens is 1. The monoisotopic (exact) mass is 331 g/mol. The van der Waals surface area contributed by atoms with Crippen molar-refractivity contribution in [1.82, 2.24) is 4.48 Å². The number of ether oxygens (including phenoxy) is 1. The Morgan fingerprint density at radius 3 is 2.30 bits per heavy atom. The fraction of sp³-hybridized carbons (Fsp3) is 0.368. The second-order valence-corrected chi connectivity index (χ2v) is 6.38. The molecular weight excluding hydrogens is 308 g/mol. The van der Waals surface area contributed by atoms with E-state index in [-0.39, 0.29) is 12.4 Å². The number of rotatable bonds is 2. The minimum absolute atomic E-state index is 0. The molecule has 23 heavy (non-hydrogen) atoms. The van der Waals surface area contributed by atoms with Crippen LogP contribution in [0.3, 0.4) is 0 Å². The maximum atomic E-state index is 5.25. The molecule has 0 bridgehead atoms. The first kappa shape index (κ1) is 16.2. The van der Waals surface area contributed by atoms with Crippen molar-refractivity contribution in [2.75, 3.05) is 44.7 Å². The zero-order chi connectivity index (χ0) is 15.0. The number of methoxy groups -OCH3 is 1. The highest BCUT2D eigenvalue weighted by Crippen LogP contribution is 2.36. The lowest BCUT2D eigenvalue weighted by molar-refractivity contribution is 0.277. The minimum atomic E-state index is 0. The smallest absolute Gasteiger partial charge is 0.136 e. The summed E-state index contributed by atoms with van der Waals surface area (Å²) in [7, 11) is 1.72. The molecule has 1 saturated heterocycles. The minimum Gasteiger partial charge on any atom is -0.497 e. The molecule has 1 fully saturated rings. The van der Waals surface area contributed by atoms with Crippen LogP contribution < -0.4 is 14.1 Å². The van der Waals surface area contributed by atoms with Crippen molar-refractivity contribution < 1.29 is 4.74 Å². The molecule has 0 aliphatic carbocycles. The van der Waals surface area contributed by atoms with Crippen molar-refractivity contribution in [3.63, 3.8) is 0 Å². The van der Waals surface area contributed by atoms with Gasteiger partial charge in [0.2, 0.25) is 0 Å². The van der Waals surface area contributed by atoms with Gasteiger partial charge >= 0.3 is 0 Å². The molecule has 2 heterocycles. The molecule has 2 aliphatic rings. The Kier molecular flexibility index (Phi) is 4.51. The molecule has 1 spiro atoms. The molecule has 0 saturated carbocycles. The SMILES string of the molecule is COc1ccc(N2CC[N+]3(CCc4ccccc43)CC2)cc1.Cl. The molecule has 0 unspecified atom stereocenters. The lowest BCUT2D eigenvalue weighted by Gasteiger charge is -2.43. The fourth-order valence-electron chi connectivity index (χ4n) is 4.00. The Morgan fingerprint density at radius 1 is 0.913 bits per heavy atom. The largest absolute Gasteiger partial charge is 0.497 e. The zero-order valence-electron chi connectivity index (χ0n) is 13.6. The van der Waals surface area contributed by atoms with Crippen molar-refractivity contribution in [2.24, 2.45) is 0 Å². The molecule has 2 aliphatic heterocycles. The molecule has 4 rings (SSSR count). The van der Waals surface area contributed by atoms with Crippen LogP contribution in [-0.4, -0.2) is 39.8 Å². The zero-order valence-corrected chi connectivity index (χ0v) is 14.4. The van der Waals surface area contributed by atoms with E-state index in [0.29, 0.717) is 0 Å². The van der Waals surface area contributed by atoms with Gasteiger partial charge in [-0.25, -0.2) is 0 Å². The summed E-state index contributed by atoms with van der Waals surface area (Å²) < 4.78 is 6.43. The maximum Gasteiger partial charge on any atom is 0.136 e. The van der Waals surface area contributed by atoms with E-state index in [9.17, 15) is 0 Å². The average molecular weight is 332 g/mol. The molecule has 0 amide bonds. The van der Waals surface area contributed by atoms with Crippen LogP contribution in [0.25, 0.3) is 0 Å². The van der Waals surface area contributed by atoms with Crippen LogP contribution in [0.5, 0.6) is 5.75 Å². The van der Waals surface area contributed by atoms with Gasteiger partial charge in [0.1, 0.15) is 24.5 Å². The first-order valence-electron chi connectivity index (χ1n) is 8.14. The number of quaternary nitrogens is 1. The summed E-state index contributed by atoms with van der Waals surface area (Å²) in [5, 5.41) is 0. The maximum absolute atomic E-state index is 5.25. The van der Waals surface area contributed by atoms with Crippen LogP contribution in [0.15, 0.2) is 48.5 Å². The Bertz CT molecular complexity index is 663. The number of benzene rings is 2. The number of hydrogen-bond acceptors (Lipinski definition) is 2. The van der Waals surface area contributed by atoms with Gasteiger partial charge in [-0.05, 0) is 30.3 Å². The highest BCUT2D eigenvalue weighted by molar-refractivity contribution is 5.85. The van der Waals surface area contributed by atoms with E-state index in [2.05, 4.69) is 53.4 Å². The molecule has 2 aromatic carbocycles. The van der Waals surface area contributed by atoms with E-state index < -0.39 is 0 Å². The van der Waals surface area contributed by atoms with E-state index in [1.54, 1.807) is 18.4 Å². The summed E-state index contributed by atoms with van der Waals surface area (Å²) in [4.78, 5) is 2.50. The molecule has 0 atom stereocenters. The van der Waals surface area contributed by atoms with Crippen LogP contribution >= 0.6 is 12.4 Å². The molecular formula is C19H24ClN2O+. The van der Waals surface area contributed by atoms with Crippen molar-refractivity contribution in [3.05, 3.63) is 54.1 Å². The van der Waals surface area contributed by atoms with E-state index in [1.807, 2.05) is 0 Å². The third-order valence-corrected chi connectivity index (χ3v) is 5.35. The van der Waals surface area contributed by atoms with E-state index >= 15 is 0 Å². The summed E-state index contributed by atoms with van der Waals surface area (Å²) in [6, 6.07) is 17.5. The highest BCUT2D eigenvalue weighted by Gasteiger charge is 2.40. The topological polar surface area (TPSA) is 12.5 Å². The number of nitrogens with zero attached hydrogens (tertiary/aromatic N) is 2. The second kappa shape index (κ2) is 6.42. The van der Waals surface area contributed by atoms with Crippen LogP contribution in [0, 0.1) is 0 Å². The van der Waals surface area contributed by atoms with Crippen LogP contribution in [0.2, 0.25) is 0 Å². The van der Waals surface area contributed by atoms with E-state index in [1.165, 1.54) is 36.2 Å². The normalized spacial score (nSPS) is 18.4. The van der Waals surface area contributed by atoms with Gasteiger partial charge < -0.3 is 9.64 Å². The third-order valence-electron chi connectivity index (χ3n) is 5.35. The number of fused-ring (bicyclic) bond motifs is 2. The van der Waals surface area contributed by atoms with Crippen LogP contribution in [0.4, 0.5) is 11.4 Å². The van der Waals surface area contributed by atoms with Gasteiger partial charge in [0, 0.05) is 17.7 Å². The first-order valence-corrected chi connectivity index (χ1v) is 8.14. The van der Waals surface area contributed by atoms with E-state index in [4.69, 9.17) is 4.74 Å². The van der Waals surface area contributed by atoms with Gasteiger partial charge in [0.25, 0.3) is 0 Å². The van der Waals surface area contributed by atoms with Crippen LogP contribution in [0.1, 0.15) is 5.56 Å². The molecule has 122 valence electrons. The number of hydrogen-bond donors (Lipinski definition) is 0. The number of anilines is 1. The van der Waals surface area contributed by atoms with Gasteiger partial charge in [-0.1, -0.05) is 18.2 Å². The predicted octanol–water partition coefficient (Wildman–Crippen LogP) is 3.50. The standard InChI is InChI=1S/C19H23N2O.ClH/c1-22-18-8-6-17(7-9-18)20-11-14-21(15-12-20)13-10-16-4-2-3-5-19(16)21;/h2-9H,10-15H2,1H3;1H/q+1;. The van der Waals surface area contributed by atoms with E-state index in [0.717, 1.165) is 18.8 Å². The average Bonchev–Trinajstić information content (AvgIpc) is 2.95. The summed E-state index contributed by atoms with van der Waals surface area (Å²) >= 11 is 0. The second-order valence-electron chi connectivity index (χ2n) is 6.38. The summed E-state index contributed by atoms with van der Waals surface area (Å²) in [5.74, 6) is 0.928. The van der Waals surface area contributed by atoms with Gasteiger partial charge in [-0.15, -0.1) is 12.4 Å². The van der Waals surface area contributed by atoms with Gasteiger partial charge in [-0.3, -0.25) is 4.48 Å². The number of piperazine rings is 1. The van der Waals surface area contributed by atoms with Crippen molar-refractivity contribution in [2.45, 2.75) is 6.42 Å². The van der Waals surface area contributed by atoms with Gasteiger partial charge in [0.05, 0.1) is 26.7 Å². The van der Waals surface area contributed by atoms with Gasteiger partial charge in [-0.2, -0.15) is 0 Å². The quantitative estimate of drug-likeness (QED) is 0.781. The number of para-hydroxylation sites is 1. The van der Waals surface area contributed by atoms with Crippen molar-refractivity contribution in [1.29, 1.82) is 0 Å². The predicted molar refractivity (Wildman–Crippen MR) is 99.0 cm³/mol. The third kappa shape index (κ3) is 2.79. The van der Waals surface area contributed by atoms with Crippen LogP contribution in [-0.2, 0) is 6.42 Å². The Morgan fingerprint density at radius 2 is 1.61 bits per heavy atom. The molecule has 3 nitrogen and oxygen atoms in total. The molecule has 0 radical (unpaired) electrons. The lowest BCUT2D eigenvalue weighted by atomic mass is 10.1. The Labute approximate surface area is 144 Å². The Balaban J connectivity index is 0.00000156. The molecule has 0 N–H and O–H groups in total. The first-order chi connectivity index (χ1) is 10.8. The van der Waals surface area contributed by atoms with Gasteiger partial charge in [0.15, 0.2) is 0 Å². The fourth-order valence-corrected chi connectivity index (χ4v) is 4.00. The summed E-state index contributed by atoms with van der Waals surface area (Å²) in [6.07, 6.45) is 1.23. The molecule has 2 aromatic rings. The summed E-state index contributed by atoms with van der Waals surface area (Å²) in [6.45, 7) is 5.95. The van der Waals surface area contributed by atoms with Crippen molar-refractivity contribution >= 4 is 23.8 Å². The van der Waals surface area contributed by atoms with Crippen molar-refractivity contribution in [3.8, 4) is 5.75 Å². The molecule has 4 heteroatoms. The Hall–Kier alpha value is -1.71.